The summed E-state index contributed by atoms with van der Waals surface area (Å²) in [5.74, 6) is 0.828. The monoisotopic (exact) mass is 375 g/mol. The number of amides is 1. The molecule has 1 N–H and O–H groups in total. The van der Waals surface area contributed by atoms with E-state index in [-0.39, 0.29) is 11.3 Å². The van der Waals surface area contributed by atoms with Gasteiger partial charge in [-0.2, -0.15) is 4.98 Å². The first kappa shape index (κ1) is 17.9. The maximum absolute atomic E-state index is 12.8. The molecule has 7 heteroatoms. The van der Waals surface area contributed by atoms with E-state index in [1.165, 1.54) is 0 Å². The summed E-state index contributed by atoms with van der Waals surface area (Å²) >= 11 is 0. The second-order valence-electron chi connectivity index (χ2n) is 7.73. The number of nitrogens with one attached hydrogen (secondary N) is 1. The van der Waals surface area contributed by atoms with Gasteiger partial charge in [-0.05, 0) is 36.8 Å². The minimum Gasteiger partial charge on any atom is -0.334 e. The van der Waals surface area contributed by atoms with Crippen LogP contribution in [0.1, 0.15) is 42.6 Å². The van der Waals surface area contributed by atoms with E-state index in [4.69, 9.17) is 4.52 Å². The molecule has 0 atom stereocenters. The molecule has 0 spiro atoms. The zero-order chi connectivity index (χ0) is 19.9. The maximum atomic E-state index is 12.8. The molecule has 0 bridgehead atoms. The number of hydrogen-bond donors (Lipinski definition) is 1. The molecule has 0 saturated heterocycles. The molecule has 3 heterocycles. The highest BCUT2D eigenvalue weighted by molar-refractivity contribution is 6.04. The highest BCUT2D eigenvalue weighted by Crippen LogP contribution is 2.27. The fraction of sp³-hybridized carbons (Fsp3) is 0.238. The van der Waals surface area contributed by atoms with Crippen LogP contribution in [0.25, 0.3) is 17.1 Å². The van der Waals surface area contributed by atoms with Crippen molar-refractivity contribution in [3.63, 3.8) is 0 Å². The Labute approximate surface area is 162 Å². The molecular formula is C21H21N5O2. The van der Waals surface area contributed by atoms with Gasteiger partial charge in [-0.3, -0.25) is 9.20 Å². The van der Waals surface area contributed by atoms with Crippen molar-refractivity contribution < 1.29 is 9.32 Å². The van der Waals surface area contributed by atoms with Crippen LogP contribution in [0.4, 0.5) is 5.69 Å². The SMILES string of the molecule is Cc1ccc(-c2nc(C(C)(C)C)no2)cc1NC(=O)c1cnc2ccccn12. The average molecular weight is 375 g/mol. The molecule has 0 aliphatic heterocycles. The summed E-state index contributed by atoms with van der Waals surface area (Å²) in [5.41, 5.74) is 3.35. The second kappa shape index (κ2) is 6.60. The van der Waals surface area contributed by atoms with Crippen molar-refractivity contribution in [3.8, 4) is 11.5 Å². The van der Waals surface area contributed by atoms with Gasteiger partial charge in [0, 0.05) is 22.9 Å². The summed E-state index contributed by atoms with van der Waals surface area (Å²) in [6.07, 6.45) is 3.38. The highest BCUT2D eigenvalue weighted by Gasteiger charge is 2.22. The Balaban J connectivity index is 1.64. The second-order valence-corrected chi connectivity index (χ2v) is 7.73. The molecule has 0 unspecified atom stereocenters. The molecule has 0 aliphatic carbocycles. The van der Waals surface area contributed by atoms with Crippen molar-refractivity contribution in [2.75, 3.05) is 5.32 Å². The van der Waals surface area contributed by atoms with E-state index in [2.05, 4.69) is 20.4 Å². The Hall–Kier alpha value is -3.48. The molecular weight excluding hydrogens is 354 g/mol. The Kier molecular flexibility index (Phi) is 4.22. The zero-order valence-electron chi connectivity index (χ0n) is 16.2. The van der Waals surface area contributed by atoms with Gasteiger partial charge in [-0.25, -0.2) is 4.98 Å². The van der Waals surface area contributed by atoms with Gasteiger partial charge < -0.3 is 9.84 Å². The van der Waals surface area contributed by atoms with E-state index in [1.807, 2.05) is 70.3 Å². The number of aryl methyl sites for hydroxylation is 1. The smallest absolute Gasteiger partial charge is 0.274 e. The summed E-state index contributed by atoms with van der Waals surface area (Å²) in [7, 11) is 0. The van der Waals surface area contributed by atoms with Crippen LogP contribution in [0.15, 0.2) is 53.3 Å². The Bertz CT molecular complexity index is 1170. The van der Waals surface area contributed by atoms with Crippen LogP contribution in [0, 0.1) is 6.92 Å². The van der Waals surface area contributed by atoms with Gasteiger partial charge in [0.15, 0.2) is 5.82 Å². The molecule has 142 valence electrons. The largest absolute Gasteiger partial charge is 0.334 e. The lowest BCUT2D eigenvalue weighted by molar-refractivity contribution is 0.102. The van der Waals surface area contributed by atoms with Crippen LogP contribution in [-0.2, 0) is 5.41 Å². The molecule has 7 nitrogen and oxygen atoms in total. The van der Waals surface area contributed by atoms with Crippen LogP contribution in [0.3, 0.4) is 0 Å². The quantitative estimate of drug-likeness (QED) is 0.579. The lowest BCUT2D eigenvalue weighted by Crippen LogP contribution is -2.15. The molecule has 3 aromatic heterocycles. The van der Waals surface area contributed by atoms with Gasteiger partial charge in [-0.15, -0.1) is 0 Å². The predicted octanol–water partition coefficient (Wildman–Crippen LogP) is 4.24. The van der Waals surface area contributed by atoms with E-state index >= 15 is 0 Å². The first-order chi connectivity index (χ1) is 13.3. The number of aromatic nitrogens is 4. The third-order valence-corrected chi connectivity index (χ3v) is 4.48. The van der Waals surface area contributed by atoms with Gasteiger partial charge >= 0.3 is 0 Å². The number of carbonyl (C=O) groups excluding carboxylic acids is 1. The van der Waals surface area contributed by atoms with E-state index < -0.39 is 0 Å². The number of fused-ring (bicyclic) bond motifs is 1. The van der Waals surface area contributed by atoms with E-state index in [0.717, 1.165) is 16.8 Å². The number of anilines is 1. The Morgan fingerprint density at radius 2 is 2.00 bits per heavy atom. The molecule has 1 aromatic carbocycles. The molecule has 4 aromatic rings. The maximum Gasteiger partial charge on any atom is 0.274 e. The number of nitrogens with zero attached hydrogens (tertiary/aromatic N) is 4. The molecule has 0 aliphatic rings. The first-order valence-corrected chi connectivity index (χ1v) is 9.01. The lowest BCUT2D eigenvalue weighted by atomic mass is 9.96. The van der Waals surface area contributed by atoms with Gasteiger partial charge in [-0.1, -0.05) is 38.1 Å². The predicted molar refractivity (Wildman–Crippen MR) is 106 cm³/mol. The van der Waals surface area contributed by atoms with Crippen LogP contribution < -0.4 is 5.32 Å². The summed E-state index contributed by atoms with van der Waals surface area (Å²) in [6, 6.07) is 11.3. The molecule has 0 saturated carbocycles. The Morgan fingerprint density at radius 1 is 1.18 bits per heavy atom. The zero-order valence-corrected chi connectivity index (χ0v) is 16.2. The molecule has 0 fully saturated rings. The third kappa shape index (κ3) is 3.26. The van der Waals surface area contributed by atoms with Crippen LogP contribution >= 0.6 is 0 Å². The normalized spacial score (nSPS) is 11.7. The van der Waals surface area contributed by atoms with Gasteiger partial charge in [0.2, 0.25) is 0 Å². The molecule has 1 amide bonds. The van der Waals surface area contributed by atoms with Crippen LogP contribution in [-0.4, -0.2) is 25.4 Å². The number of hydrogen-bond acceptors (Lipinski definition) is 5. The fourth-order valence-electron chi connectivity index (χ4n) is 2.82. The van der Waals surface area contributed by atoms with E-state index in [0.29, 0.717) is 23.1 Å². The summed E-state index contributed by atoms with van der Waals surface area (Å²) in [6.45, 7) is 8.01. The van der Waals surface area contributed by atoms with E-state index in [9.17, 15) is 4.79 Å². The van der Waals surface area contributed by atoms with Crippen LogP contribution in [0.2, 0.25) is 0 Å². The van der Waals surface area contributed by atoms with Crippen molar-refractivity contribution >= 4 is 17.2 Å². The van der Waals surface area contributed by atoms with Gasteiger partial charge in [0.05, 0.1) is 6.20 Å². The molecule has 4 rings (SSSR count). The van der Waals surface area contributed by atoms with Crippen molar-refractivity contribution in [1.82, 2.24) is 19.5 Å². The molecule has 28 heavy (non-hydrogen) atoms. The van der Waals surface area contributed by atoms with Crippen molar-refractivity contribution in [2.45, 2.75) is 33.1 Å². The minimum atomic E-state index is -0.236. The minimum absolute atomic E-state index is 0.202. The topological polar surface area (TPSA) is 85.3 Å². The van der Waals surface area contributed by atoms with Crippen molar-refractivity contribution in [2.24, 2.45) is 0 Å². The van der Waals surface area contributed by atoms with Crippen molar-refractivity contribution in [1.29, 1.82) is 0 Å². The van der Waals surface area contributed by atoms with Gasteiger partial charge in [0.1, 0.15) is 11.3 Å². The number of benzene rings is 1. The number of rotatable bonds is 3. The third-order valence-electron chi connectivity index (χ3n) is 4.48. The molecule has 0 radical (unpaired) electrons. The van der Waals surface area contributed by atoms with E-state index in [1.54, 1.807) is 10.6 Å². The fourth-order valence-corrected chi connectivity index (χ4v) is 2.82. The Morgan fingerprint density at radius 3 is 2.75 bits per heavy atom. The number of pyridine rings is 1. The summed E-state index contributed by atoms with van der Waals surface area (Å²) in [5, 5.41) is 7.03. The first-order valence-electron chi connectivity index (χ1n) is 9.01. The standard InChI is InChI=1S/C21H21N5O2/c1-13-8-9-14(19-24-20(25-28-19)21(2,3)4)11-15(13)23-18(27)16-12-22-17-7-5-6-10-26(16)17/h5-12H,1-4H3,(H,23,27). The van der Waals surface area contributed by atoms with Crippen LogP contribution in [0.5, 0.6) is 0 Å². The van der Waals surface area contributed by atoms with Gasteiger partial charge in [0.25, 0.3) is 11.8 Å². The number of carbonyl (C=O) groups is 1. The number of imidazole rings is 1. The lowest BCUT2D eigenvalue weighted by Gasteiger charge is -2.11. The summed E-state index contributed by atoms with van der Waals surface area (Å²) < 4.78 is 7.17. The average Bonchev–Trinajstić information content (AvgIpc) is 3.30. The highest BCUT2D eigenvalue weighted by atomic mass is 16.5. The summed E-state index contributed by atoms with van der Waals surface area (Å²) in [4.78, 5) is 21.6. The van der Waals surface area contributed by atoms with Crippen molar-refractivity contribution in [3.05, 3.63) is 65.9 Å².